The fourth-order valence-electron chi connectivity index (χ4n) is 3.55. The molecule has 178 valence electrons. The van der Waals surface area contributed by atoms with E-state index in [1.165, 1.54) is 6.42 Å². The monoisotopic (exact) mass is 446 g/mol. The van der Waals surface area contributed by atoms with E-state index in [1.54, 1.807) is 19.1 Å². The van der Waals surface area contributed by atoms with E-state index >= 15 is 0 Å². The van der Waals surface area contributed by atoms with Gasteiger partial charge in [-0.25, -0.2) is 0 Å². The van der Waals surface area contributed by atoms with Gasteiger partial charge in [0.15, 0.2) is 0 Å². The molecule has 0 aromatic heterocycles. The van der Waals surface area contributed by atoms with Crippen molar-refractivity contribution in [2.45, 2.75) is 59.9 Å². The Bertz CT molecular complexity index is 792. The van der Waals surface area contributed by atoms with Gasteiger partial charge in [0.1, 0.15) is 6.04 Å². The summed E-state index contributed by atoms with van der Waals surface area (Å²) in [6.07, 6.45) is 4.87. The van der Waals surface area contributed by atoms with Crippen LogP contribution in [0.15, 0.2) is 35.6 Å². The van der Waals surface area contributed by atoms with Crippen molar-refractivity contribution in [2.75, 3.05) is 33.2 Å². The second-order valence-corrected chi connectivity index (χ2v) is 7.76. The second-order valence-electron chi connectivity index (χ2n) is 7.76. The van der Waals surface area contributed by atoms with Gasteiger partial charge < -0.3 is 9.80 Å². The summed E-state index contributed by atoms with van der Waals surface area (Å²) in [6.45, 7) is 17.1. The van der Waals surface area contributed by atoms with E-state index in [0.717, 1.165) is 36.8 Å². The number of hydrogen-bond donors (Lipinski definition) is 1. The summed E-state index contributed by atoms with van der Waals surface area (Å²) in [5, 5.41) is 2.20. The molecule has 4 amide bonds. The molecule has 3 heterocycles. The van der Waals surface area contributed by atoms with E-state index in [0.29, 0.717) is 5.57 Å². The number of imide groups is 2. The maximum atomic E-state index is 12.9. The van der Waals surface area contributed by atoms with Crippen LogP contribution in [0.2, 0.25) is 0 Å². The first-order valence-corrected chi connectivity index (χ1v) is 11.4. The molecule has 0 spiro atoms. The molecule has 1 unspecified atom stereocenters. The largest absolute Gasteiger partial charge is 0.369 e. The van der Waals surface area contributed by atoms with Crippen molar-refractivity contribution in [3.05, 3.63) is 35.6 Å². The average Bonchev–Trinajstić information content (AvgIpc) is 2.98. The number of amides is 4. The van der Waals surface area contributed by atoms with E-state index in [9.17, 15) is 19.2 Å². The molecule has 8 heteroatoms. The number of nitrogens with one attached hydrogen (secondary N) is 1. The first-order chi connectivity index (χ1) is 15.2. The van der Waals surface area contributed by atoms with Gasteiger partial charge in [0.25, 0.3) is 11.8 Å². The maximum Gasteiger partial charge on any atom is 0.262 e. The quantitative estimate of drug-likeness (QED) is 0.526. The van der Waals surface area contributed by atoms with E-state index in [-0.39, 0.29) is 24.3 Å². The van der Waals surface area contributed by atoms with Gasteiger partial charge in [0, 0.05) is 43.9 Å². The second kappa shape index (κ2) is 13.0. The fourth-order valence-corrected chi connectivity index (χ4v) is 3.55. The Morgan fingerprint density at radius 3 is 2.12 bits per heavy atom. The zero-order valence-corrected chi connectivity index (χ0v) is 20.4. The normalized spacial score (nSPS) is 22.2. The molecule has 2 saturated heterocycles. The van der Waals surface area contributed by atoms with Crippen LogP contribution in [0.25, 0.3) is 0 Å². The Kier molecular flexibility index (Phi) is 11.1. The van der Waals surface area contributed by atoms with Gasteiger partial charge in [0.05, 0.1) is 5.57 Å². The van der Waals surface area contributed by atoms with Crippen molar-refractivity contribution in [1.82, 2.24) is 20.0 Å². The molecule has 8 nitrogen and oxygen atoms in total. The van der Waals surface area contributed by atoms with Gasteiger partial charge in [-0.2, -0.15) is 0 Å². The summed E-state index contributed by atoms with van der Waals surface area (Å²) in [5.41, 5.74) is 1.36. The summed E-state index contributed by atoms with van der Waals surface area (Å²) < 4.78 is 0. The highest BCUT2D eigenvalue weighted by Gasteiger charge is 2.44. The van der Waals surface area contributed by atoms with E-state index < -0.39 is 23.8 Å². The summed E-state index contributed by atoms with van der Waals surface area (Å²) in [4.78, 5) is 54.3. The first kappa shape index (κ1) is 27.3. The fraction of sp³-hybridized carbons (Fsp3) is 0.583. The third kappa shape index (κ3) is 6.38. The molecule has 2 fully saturated rings. The number of piperidine rings is 1. The predicted octanol–water partition coefficient (Wildman–Crippen LogP) is 2.24. The number of rotatable bonds is 4. The van der Waals surface area contributed by atoms with Crippen LogP contribution in [0, 0.1) is 0 Å². The number of allylic oxidation sites excluding steroid dienone is 1. The number of likely N-dealkylation sites (N-methyl/N-ethyl adjacent to an activating group) is 1. The Labute approximate surface area is 192 Å². The molecule has 1 N–H and O–H groups in total. The van der Waals surface area contributed by atoms with Gasteiger partial charge in [-0.3, -0.25) is 29.4 Å². The van der Waals surface area contributed by atoms with Crippen LogP contribution in [-0.2, 0) is 19.2 Å². The van der Waals surface area contributed by atoms with Gasteiger partial charge in [-0.15, -0.1) is 0 Å². The summed E-state index contributed by atoms with van der Waals surface area (Å²) in [5.74, 6) is -1.97. The minimum atomic E-state index is -0.945. The van der Waals surface area contributed by atoms with Crippen LogP contribution in [0.4, 0.5) is 0 Å². The van der Waals surface area contributed by atoms with Crippen LogP contribution in [0.1, 0.15) is 53.9 Å². The molecule has 0 bridgehead atoms. The van der Waals surface area contributed by atoms with Gasteiger partial charge in [-0.05, 0) is 32.5 Å². The molecule has 3 rings (SSSR count). The lowest BCUT2D eigenvalue weighted by Crippen LogP contribution is -2.54. The highest BCUT2D eigenvalue weighted by molar-refractivity contribution is 6.22. The molecule has 0 radical (unpaired) electrons. The van der Waals surface area contributed by atoms with Crippen LogP contribution >= 0.6 is 0 Å². The molecule has 0 aromatic carbocycles. The smallest absolute Gasteiger partial charge is 0.262 e. The topological polar surface area (TPSA) is 90.0 Å². The molecule has 0 aromatic rings. The molecule has 3 aliphatic rings. The number of carbonyl (C=O) groups is 4. The Balaban J connectivity index is 0.000000944. The standard InChI is InChI=1S/C19H24N4O4.C3H8.C2H6/c1-4-13(22-9-7-21(3)8-10-22)11-14-12(2)18(26)23(19(14)27)15-5-6-16(24)20-17(15)25;1-3-2;1-2/h4,11,15H,1,5-10H2,2-3H3,(H,20,24,25);3H2,1-2H3;1-2H3/b13-11+;;. The average molecular weight is 447 g/mol. The van der Waals surface area contributed by atoms with Gasteiger partial charge in [0.2, 0.25) is 11.8 Å². The first-order valence-electron chi connectivity index (χ1n) is 11.4. The van der Waals surface area contributed by atoms with Gasteiger partial charge in [-0.1, -0.05) is 40.7 Å². The summed E-state index contributed by atoms with van der Waals surface area (Å²) >= 11 is 0. The number of piperazine rings is 1. The number of hydrogen-bond acceptors (Lipinski definition) is 6. The molecule has 0 saturated carbocycles. The Morgan fingerprint density at radius 2 is 1.62 bits per heavy atom. The Hall–Kier alpha value is -2.74. The third-order valence-electron chi connectivity index (χ3n) is 5.28. The number of nitrogens with zero attached hydrogens (tertiary/aromatic N) is 3. The van der Waals surface area contributed by atoms with E-state index in [4.69, 9.17) is 0 Å². The Morgan fingerprint density at radius 1 is 1.06 bits per heavy atom. The number of carbonyl (C=O) groups excluding carboxylic acids is 4. The lowest BCUT2D eigenvalue weighted by molar-refractivity contribution is -0.150. The van der Waals surface area contributed by atoms with Crippen LogP contribution in [0.5, 0.6) is 0 Å². The van der Waals surface area contributed by atoms with Gasteiger partial charge >= 0.3 is 0 Å². The molecular weight excluding hydrogens is 408 g/mol. The molecular formula is C24H38N4O4. The van der Waals surface area contributed by atoms with Crippen LogP contribution in [0.3, 0.4) is 0 Å². The van der Waals surface area contributed by atoms with Crippen molar-refractivity contribution >= 4 is 23.6 Å². The molecule has 32 heavy (non-hydrogen) atoms. The summed E-state index contributed by atoms with van der Waals surface area (Å²) in [7, 11) is 2.05. The molecule has 3 aliphatic heterocycles. The van der Waals surface area contributed by atoms with E-state index in [1.807, 2.05) is 13.8 Å². The predicted molar refractivity (Wildman–Crippen MR) is 125 cm³/mol. The van der Waals surface area contributed by atoms with Crippen molar-refractivity contribution in [3.8, 4) is 0 Å². The molecule has 0 aliphatic carbocycles. The lowest BCUT2D eigenvalue weighted by atomic mass is 10.0. The zero-order valence-electron chi connectivity index (χ0n) is 20.4. The lowest BCUT2D eigenvalue weighted by Gasteiger charge is -2.34. The van der Waals surface area contributed by atoms with Crippen LogP contribution in [-0.4, -0.2) is 77.6 Å². The van der Waals surface area contributed by atoms with E-state index in [2.05, 4.69) is 42.6 Å². The van der Waals surface area contributed by atoms with Crippen molar-refractivity contribution in [1.29, 1.82) is 0 Å². The summed E-state index contributed by atoms with van der Waals surface area (Å²) in [6, 6.07) is -0.945. The SMILES string of the molecule is C=C/C(=C\C1=C(C)C(=O)N(C2CCC(=O)NC2=O)C1=O)N1CCN(C)CC1.CC.CCC. The highest BCUT2D eigenvalue weighted by atomic mass is 16.2. The third-order valence-corrected chi connectivity index (χ3v) is 5.28. The van der Waals surface area contributed by atoms with Crippen molar-refractivity contribution in [2.24, 2.45) is 0 Å². The van der Waals surface area contributed by atoms with Crippen molar-refractivity contribution in [3.63, 3.8) is 0 Å². The maximum absolute atomic E-state index is 12.9. The highest BCUT2D eigenvalue weighted by Crippen LogP contribution is 2.28. The zero-order chi connectivity index (χ0) is 24.4. The minimum absolute atomic E-state index is 0.108. The van der Waals surface area contributed by atoms with Crippen molar-refractivity contribution < 1.29 is 19.2 Å². The minimum Gasteiger partial charge on any atom is -0.369 e. The molecule has 1 atom stereocenters. The van der Waals surface area contributed by atoms with Crippen LogP contribution < -0.4 is 5.32 Å².